The van der Waals surface area contributed by atoms with E-state index in [4.69, 9.17) is 5.73 Å². The van der Waals surface area contributed by atoms with Gasteiger partial charge in [-0.1, -0.05) is 23.8 Å². The summed E-state index contributed by atoms with van der Waals surface area (Å²) in [5.41, 5.74) is 9.86. The molecule has 1 saturated heterocycles. The summed E-state index contributed by atoms with van der Waals surface area (Å²) in [6, 6.07) is 5.96. The minimum atomic E-state index is -0.399. The number of nitrogens with zero attached hydrogens (tertiary/aromatic N) is 1. The highest BCUT2D eigenvalue weighted by Crippen LogP contribution is 2.41. The molecule has 2 aliphatic rings. The van der Waals surface area contributed by atoms with Crippen LogP contribution in [-0.4, -0.2) is 29.9 Å². The monoisotopic (exact) mass is 286 g/mol. The van der Waals surface area contributed by atoms with Crippen molar-refractivity contribution in [1.29, 1.82) is 0 Å². The number of carbonyl (C=O) groups excluding carboxylic acids is 1. The molecule has 1 aliphatic heterocycles. The summed E-state index contributed by atoms with van der Waals surface area (Å²) in [5.74, 6) is 1.76. The maximum absolute atomic E-state index is 12.5. The molecule has 3 rings (SSSR count). The molecule has 0 spiro atoms. The van der Waals surface area contributed by atoms with Crippen molar-refractivity contribution >= 4 is 5.91 Å². The lowest BCUT2D eigenvalue weighted by atomic mass is 9.99. The Morgan fingerprint density at radius 2 is 2.05 bits per heavy atom. The summed E-state index contributed by atoms with van der Waals surface area (Å²) in [5, 5.41) is 0. The number of rotatable bonds is 4. The molecular weight excluding hydrogens is 260 g/mol. The Balaban J connectivity index is 1.59. The maximum Gasteiger partial charge on any atom is 0.239 e. The van der Waals surface area contributed by atoms with Crippen molar-refractivity contribution in [2.75, 3.05) is 13.1 Å². The van der Waals surface area contributed by atoms with Crippen LogP contribution in [0.4, 0.5) is 0 Å². The van der Waals surface area contributed by atoms with Crippen LogP contribution < -0.4 is 5.73 Å². The number of carbonyl (C=O) groups is 1. The van der Waals surface area contributed by atoms with Gasteiger partial charge in [-0.2, -0.15) is 0 Å². The van der Waals surface area contributed by atoms with Gasteiger partial charge in [0, 0.05) is 13.1 Å². The average molecular weight is 286 g/mol. The number of nitrogens with two attached hydrogens (primary N) is 1. The lowest BCUT2D eigenvalue weighted by Crippen LogP contribution is -2.44. The molecule has 114 valence electrons. The molecule has 3 nitrogen and oxygen atoms in total. The normalized spacial score (nSPS) is 23.4. The Kier molecular flexibility index (Phi) is 4.03. The molecule has 0 bridgehead atoms. The summed E-state index contributed by atoms with van der Waals surface area (Å²) in [6.07, 6.45) is 4.55. The van der Waals surface area contributed by atoms with Crippen LogP contribution in [0.25, 0.3) is 0 Å². The van der Waals surface area contributed by atoms with E-state index in [0.717, 1.165) is 24.9 Å². The summed E-state index contributed by atoms with van der Waals surface area (Å²) in [6.45, 7) is 6.02. The van der Waals surface area contributed by atoms with Crippen LogP contribution in [0.3, 0.4) is 0 Å². The van der Waals surface area contributed by atoms with Gasteiger partial charge in [-0.05, 0) is 62.5 Å². The van der Waals surface area contributed by atoms with Crippen molar-refractivity contribution in [3.63, 3.8) is 0 Å². The first-order valence-electron chi connectivity index (χ1n) is 8.15. The zero-order valence-electron chi connectivity index (χ0n) is 13.1. The van der Waals surface area contributed by atoms with Crippen LogP contribution in [-0.2, 0) is 11.2 Å². The van der Waals surface area contributed by atoms with Gasteiger partial charge >= 0.3 is 0 Å². The molecule has 1 aromatic carbocycles. The van der Waals surface area contributed by atoms with Crippen molar-refractivity contribution in [2.45, 2.75) is 45.6 Å². The summed E-state index contributed by atoms with van der Waals surface area (Å²) in [4.78, 5) is 14.5. The second-order valence-corrected chi connectivity index (χ2v) is 6.91. The molecule has 1 amide bonds. The fourth-order valence-corrected chi connectivity index (χ4v) is 3.57. The van der Waals surface area contributed by atoms with Gasteiger partial charge in [0.05, 0.1) is 6.04 Å². The predicted molar refractivity (Wildman–Crippen MR) is 85.0 cm³/mol. The van der Waals surface area contributed by atoms with E-state index in [1.807, 2.05) is 4.90 Å². The third-order valence-electron chi connectivity index (χ3n) is 5.08. The standard InChI is InChI=1S/C18H26N2O/c1-12-3-4-15(13(2)9-12)10-17(19)18(21)20-8-7-16(11-20)14-5-6-14/h3-4,9,14,16-17H,5-8,10-11,19H2,1-2H3. The number of hydrogen-bond donors (Lipinski definition) is 1. The van der Waals surface area contributed by atoms with E-state index in [9.17, 15) is 4.79 Å². The van der Waals surface area contributed by atoms with Crippen LogP contribution in [0.2, 0.25) is 0 Å². The zero-order chi connectivity index (χ0) is 15.0. The van der Waals surface area contributed by atoms with Gasteiger partial charge in [-0.3, -0.25) is 4.79 Å². The number of hydrogen-bond acceptors (Lipinski definition) is 2. The Morgan fingerprint density at radius 1 is 1.29 bits per heavy atom. The minimum Gasteiger partial charge on any atom is -0.341 e. The Bertz CT molecular complexity index is 536. The van der Waals surface area contributed by atoms with Crippen molar-refractivity contribution in [3.05, 3.63) is 34.9 Å². The third kappa shape index (κ3) is 3.29. The average Bonchev–Trinajstić information content (AvgIpc) is 3.19. The van der Waals surface area contributed by atoms with E-state index >= 15 is 0 Å². The quantitative estimate of drug-likeness (QED) is 0.924. The summed E-state index contributed by atoms with van der Waals surface area (Å²) in [7, 11) is 0. The minimum absolute atomic E-state index is 0.137. The lowest BCUT2D eigenvalue weighted by Gasteiger charge is -2.21. The molecule has 2 fully saturated rings. The van der Waals surface area contributed by atoms with E-state index in [0.29, 0.717) is 6.42 Å². The van der Waals surface area contributed by atoms with Gasteiger partial charge in [0.1, 0.15) is 0 Å². The number of likely N-dealkylation sites (tertiary alicyclic amines) is 1. The topological polar surface area (TPSA) is 46.3 Å². The Labute approximate surface area is 127 Å². The molecule has 0 aromatic heterocycles. The Hall–Kier alpha value is -1.35. The molecule has 21 heavy (non-hydrogen) atoms. The number of aryl methyl sites for hydroxylation is 2. The molecule has 1 saturated carbocycles. The maximum atomic E-state index is 12.5. The van der Waals surface area contributed by atoms with Crippen molar-refractivity contribution in [1.82, 2.24) is 4.90 Å². The molecule has 2 atom stereocenters. The highest BCUT2D eigenvalue weighted by molar-refractivity contribution is 5.82. The molecule has 1 heterocycles. The summed E-state index contributed by atoms with van der Waals surface area (Å²) < 4.78 is 0. The van der Waals surface area contributed by atoms with Crippen molar-refractivity contribution < 1.29 is 4.79 Å². The van der Waals surface area contributed by atoms with Gasteiger partial charge < -0.3 is 10.6 Å². The van der Waals surface area contributed by atoms with E-state index in [-0.39, 0.29) is 5.91 Å². The number of amides is 1. The number of benzene rings is 1. The molecule has 0 radical (unpaired) electrons. The van der Waals surface area contributed by atoms with Crippen LogP contribution in [0.5, 0.6) is 0 Å². The van der Waals surface area contributed by atoms with Gasteiger partial charge in [0.15, 0.2) is 0 Å². The fourth-order valence-electron chi connectivity index (χ4n) is 3.57. The SMILES string of the molecule is Cc1ccc(CC(N)C(=O)N2CCC(C3CC3)C2)c(C)c1. The van der Waals surface area contributed by atoms with Crippen molar-refractivity contribution in [2.24, 2.45) is 17.6 Å². The van der Waals surface area contributed by atoms with Gasteiger partial charge in [0.25, 0.3) is 0 Å². The van der Waals surface area contributed by atoms with Crippen LogP contribution in [0.1, 0.15) is 36.0 Å². The van der Waals surface area contributed by atoms with E-state index in [1.165, 1.54) is 36.0 Å². The van der Waals surface area contributed by atoms with E-state index in [2.05, 4.69) is 32.0 Å². The molecule has 2 unspecified atom stereocenters. The second kappa shape index (κ2) is 5.80. The van der Waals surface area contributed by atoms with Crippen LogP contribution >= 0.6 is 0 Å². The highest BCUT2D eigenvalue weighted by Gasteiger charge is 2.38. The molecule has 1 aliphatic carbocycles. The second-order valence-electron chi connectivity index (χ2n) is 6.91. The first kappa shape index (κ1) is 14.6. The van der Waals surface area contributed by atoms with E-state index < -0.39 is 6.04 Å². The lowest BCUT2D eigenvalue weighted by molar-refractivity contribution is -0.131. The van der Waals surface area contributed by atoms with E-state index in [1.54, 1.807) is 0 Å². The largest absolute Gasteiger partial charge is 0.341 e. The predicted octanol–water partition coefficient (Wildman–Crippen LogP) is 2.43. The van der Waals surface area contributed by atoms with Gasteiger partial charge in [-0.15, -0.1) is 0 Å². The molecule has 1 aromatic rings. The van der Waals surface area contributed by atoms with Crippen LogP contribution in [0.15, 0.2) is 18.2 Å². The molecule has 2 N–H and O–H groups in total. The third-order valence-corrected chi connectivity index (χ3v) is 5.08. The summed E-state index contributed by atoms with van der Waals surface area (Å²) >= 11 is 0. The molecule has 3 heteroatoms. The molecular formula is C18H26N2O. The van der Waals surface area contributed by atoms with Gasteiger partial charge in [0.2, 0.25) is 5.91 Å². The first-order valence-corrected chi connectivity index (χ1v) is 8.15. The van der Waals surface area contributed by atoms with Crippen LogP contribution in [0, 0.1) is 25.7 Å². The van der Waals surface area contributed by atoms with Gasteiger partial charge in [-0.25, -0.2) is 0 Å². The van der Waals surface area contributed by atoms with Crippen molar-refractivity contribution in [3.8, 4) is 0 Å². The fraction of sp³-hybridized carbons (Fsp3) is 0.611. The smallest absolute Gasteiger partial charge is 0.239 e. The first-order chi connectivity index (χ1) is 10.0. The Morgan fingerprint density at radius 3 is 2.71 bits per heavy atom. The highest BCUT2D eigenvalue weighted by atomic mass is 16.2. The zero-order valence-corrected chi connectivity index (χ0v) is 13.1.